The molecule has 7 unspecified atom stereocenters. The summed E-state index contributed by atoms with van der Waals surface area (Å²) in [5.41, 5.74) is 0.918. The highest BCUT2D eigenvalue weighted by Crippen LogP contribution is 2.75. The number of carbonyl (C=O) groups excluding carboxylic acids is 1. The molecule has 2 N–H and O–H groups in total. The molecule has 0 radical (unpaired) electrons. The normalized spacial score (nSPS) is 33.2. The molecule has 7 nitrogen and oxygen atoms in total. The third kappa shape index (κ3) is 4.80. The Balaban J connectivity index is 1.10. The van der Waals surface area contributed by atoms with Crippen LogP contribution in [-0.4, -0.2) is 54.4 Å². The zero-order valence-corrected chi connectivity index (χ0v) is 31.9. The van der Waals surface area contributed by atoms with Crippen LogP contribution < -0.4 is 10.1 Å². The number of fused-ring (bicyclic) bond motifs is 3. The molecule has 0 aromatic heterocycles. The van der Waals surface area contributed by atoms with Crippen molar-refractivity contribution in [2.75, 3.05) is 13.7 Å². The van der Waals surface area contributed by atoms with Gasteiger partial charge in [0.05, 0.1) is 0 Å². The number of ether oxygens (including phenoxy) is 4. The molecule has 2 bridgehead atoms. The van der Waals surface area contributed by atoms with Crippen LogP contribution in [0.2, 0.25) is 0 Å². The number of benzene rings is 3. The highest BCUT2D eigenvalue weighted by molar-refractivity contribution is 5.62. The van der Waals surface area contributed by atoms with Crippen molar-refractivity contribution in [1.29, 1.82) is 0 Å². The van der Waals surface area contributed by atoms with Gasteiger partial charge in [-0.2, -0.15) is 0 Å². The third-order valence-electron chi connectivity index (χ3n) is 15.1. The number of hydrogen-bond acceptors (Lipinski definition) is 7. The molecule has 278 valence electrons. The van der Waals surface area contributed by atoms with Crippen LogP contribution in [0.1, 0.15) is 109 Å². The zero-order valence-electron chi connectivity index (χ0n) is 31.9. The van der Waals surface area contributed by atoms with Gasteiger partial charge in [-0.25, -0.2) is 4.79 Å². The van der Waals surface area contributed by atoms with Gasteiger partial charge in [0, 0.05) is 40.9 Å². The molecule has 0 amide bonds. The first-order chi connectivity index (χ1) is 24.9. The second-order valence-electron chi connectivity index (χ2n) is 17.7. The molecule has 2 spiro atoms. The molecule has 5 fully saturated rings. The van der Waals surface area contributed by atoms with E-state index in [1.54, 1.807) is 13.2 Å². The van der Waals surface area contributed by atoms with E-state index < -0.39 is 22.8 Å². The van der Waals surface area contributed by atoms with Crippen LogP contribution in [0.25, 0.3) is 0 Å². The second-order valence-corrected chi connectivity index (χ2v) is 17.7. The van der Waals surface area contributed by atoms with Gasteiger partial charge in [0.2, 0.25) is 0 Å². The molecule has 4 aliphatic carbocycles. The molecule has 52 heavy (non-hydrogen) atoms. The minimum Gasteiger partial charge on any atom is -0.504 e. The lowest BCUT2D eigenvalue weighted by molar-refractivity contribution is -0.303. The first-order valence-corrected chi connectivity index (χ1v) is 19.7. The summed E-state index contributed by atoms with van der Waals surface area (Å²) in [6.07, 6.45) is 6.53. The van der Waals surface area contributed by atoms with Gasteiger partial charge in [-0.1, -0.05) is 100 Å². The van der Waals surface area contributed by atoms with E-state index >= 15 is 0 Å². The van der Waals surface area contributed by atoms with Crippen molar-refractivity contribution in [3.63, 3.8) is 0 Å². The lowest BCUT2D eigenvalue weighted by Gasteiger charge is -2.73. The van der Waals surface area contributed by atoms with Crippen LogP contribution >= 0.6 is 0 Å². The van der Waals surface area contributed by atoms with Crippen LogP contribution in [0.15, 0.2) is 78.9 Å². The van der Waals surface area contributed by atoms with E-state index in [0.717, 1.165) is 69.9 Å². The maximum atomic E-state index is 14.2. The summed E-state index contributed by atoms with van der Waals surface area (Å²) in [5.74, 6) is 0.583. The average molecular weight is 708 g/mol. The Hall–Kier alpha value is -3.55. The standard InChI is InChI=1S/C45H57NO6/c1-7-36-43-25-26-45(49-6,38-44(43,27-28-46-36)33-19-14-20-34(47)37(33)51-38)35(29-43)41(5,40(2,3)4)52-39(48)50-32-21-23-42(24-22-32,30-15-10-8-11-16-30)31-17-12-9-13-18-31/h8-20,32,35-36,38,46-47H,7,21-29H2,1-6H3. The number of piperidine rings is 1. The summed E-state index contributed by atoms with van der Waals surface area (Å²) in [7, 11) is 1.80. The van der Waals surface area contributed by atoms with Gasteiger partial charge in [-0.15, -0.1) is 0 Å². The van der Waals surface area contributed by atoms with Crippen LogP contribution in [-0.2, 0) is 25.0 Å². The van der Waals surface area contributed by atoms with Crippen molar-refractivity contribution >= 4 is 6.16 Å². The van der Waals surface area contributed by atoms with E-state index in [1.165, 1.54) is 11.1 Å². The summed E-state index contributed by atoms with van der Waals surface area (Å²) in [6, 6.07) is 27.6. The van der Waals surface area contributed by atoms with Crippen molar-refractivity contribution in [2.45, 2.75) is 133 Å². The molecule has 3 aromatic rings. The fraction of sp³-hybridized carbons (Fsp3) is 0.578. The first kappa shape index (κ1) is 35.5. The van der Waals surface area contributed by atoms with Crippen molar-refractivity contribution in [2.24, 2.45) is 16.7 Å². The number of methoxy groups -OCH3 is 1. The fourth-order valence-corrected chi connectivity index (χ4v) is 12.2. The third-order valence-corrected chi connectivity index (χ3v) is 15.1. The van der Waals surface area contributed by atoms with E-state index in [2.05, 4.69) is 107 Å². The number of phenolic OH excluding ortho intramolecular Hbond substituents is 1. The van der Waals surface area contributed by atoms with E-state index in [0.29, 0.717) is 5.75 Å². The molecule has 2 aliphatic heterocycles. The molecule has 4 saturated carbocycles. The van der Waals surface area contributed by atoms with Gasteiger partial charge in [0.1, 0.15) is 23.4 Å². The molecule has 3 aromatic carbocycles. The van der Waals surface area contributed by atoms with Gasteiger partial charge in [-0.05, 0) is 93.9 Å². The highest BCUT2D eigenvalue weighted by Gasteiger charge is 2.81. The van der Waals surface area contributed by atoms with Gasteiger partial charge in [0.25, 0.3) is 0 Å². The first-order valence-electron chi connectivity index (χ1n) is 19.7. The van der Waals surface area contributed by atoms with Gasteiger partial charge < -0.3 is 29.4 Å². The maximum absolute atomic E-state index is 14.2. The van der Waals surface area contributed by atoms with Crippen molar-refractivity contribution in [1.82, 2.24) is 5.32 Å². The second kappa shape index (κ2) is 12.5. The monoisotopic (exact) mass is 707 g/mol. The van der Waals surface area contributed by atoms with Crippen molar-refractivity contribution in [3.05, 3.63) is 95.6 Å². The summed E-state index contributed by atoms with van der Waals surface area (Å²) in [4.78, 5) is 14.2. The smallest absolute Gasteiger partial charge is 0.504 e. The molecule has 1 saturated heterocycles. The zero-order chi connectivity index (χ0) is 36.6. The number of rotatable bonds is 7. The van der Waals surface area contributed by atoms with Crippen molar-refractivity contribution in [3.8, 4) is 11.5 Å². The Bertz CT molecular complexity index is 1740. The largest absolute Gasteiger partial charge is 0.509 e. The Kier molecular flexibility index (Phi) is 8.54. The Morgan fingerprint density at radius 1 is 0.885 bits per heavy atom. The topological polar surface area (TPSA) is 86.3 Å². The Morgan fingerprint density at radius 3 is 2.13 bits per heavy atom. The molecular formula is C45H57NO6. The number of carbonyl (C=O) groups is 1. The minimum atomic E-state index is -0.956. The number of phenols is 1. The number of para-hydroxylation sites is 1. The average Bonchev–Trinajstić information content (AvgIpc) is 3.52. The summed E-state index contributed by atoms with van der Waals surface area (Å²) in [6.45, 7) is 11.7. The summed E-state index contributed by atoms with van der Waals surface area (Å²) >= 11 is 0. The maximum Gasteiger partial charge on any atom is 0.509 e. The van der Waals surface area contributed by atoms with Crippen LogP contribution in [0, 0.1) is 16.7 Å². The summed E-state index contributed by atoms with van der Waals surface area (Å²) < 4.78 is 26.9. The van der Waals surface area contributed by atoms with Gasteiger partial charge >= 0.3 is 6.16 Å². The predicted octanol–water partition coefficient (Wildman–Crippen LogP) is 9.24. The minimum absolute atomic E-state index is 0.124. The molecule has 7 heteroatoms. The quantitative estimate of drug-likeness (QED) is 0.237. The van der Waals surface area contributed by atoms with E-state index in [1.807, 2.05) is 6.07 Å². The number of nitrogens with one attached hydrogen (secondary N) is 1. The molecular weight excluding hydrogens is 650 g/mol. The summed E-state index contributed by atoms with van der Waals surface area (Å²) in [5, 5.41) is 15.1. The lowest BCUT2D eigenvalue weighted by Crippen LogP contribution is -2.82. The van der Waals surface area contributed by atoms with E-state index in [9.17, 15) is 9.90 Å². The Labute approximate surface area is 309 Å². The SMILES string of the molecule is CCC1NCCC23c4cccc(O)c4OC2C2(OC)CCC13CC2C(C)(OC(=O)OC1CCC(c2ccccc2)(c2ccccc2)CC1)C(C)(C)C. The molecule has 6 aliphatic rings. The highest BCUT2D eigenvalue weighted by atomic mass is 16.7. The van der Waals surface area contributed by atoms with Crippen LogP contribution in [0.5, 0.6) is 11.5 Å². The molecule has 7 atom stereocenters. The van der Waals surface area contributed by atoms with Gasteiger partial charge in [0.15, 0.2) is 11.5 Å². The van der Waals surface area contributed by atoms with Crippen molar-refractivity contribution < 1.29 is 28.8 Å². The number of hydrogen-bond donors (Lipinski definition) is 2. The van der Waals surface area contributed by atoms with Crippen LogP contribution in [0.3, 0.4) is 0 Å². The van der Waals surface area contributed by atoms with E-state index in [-0.39, 0.29) is 46.2 Å². The predicted molar refractivity (Wildman–Crippen MR) is 202 cm³/mol. The fourth-order valence-electron chi connectivity index (χ4n) is 12.2. The lowest BCUT2D eigenvalue weighted by atomic mass is 9.35. The Morgan fingerprint density at radius 2 is 1.54 bits per heavy atom. The van der Waals surface area contributed by atoms with Crippen LogP contribution in [0.4, 0.5) is 4.79 Å². The molecule has 9 rings (SSSR count). The van der Waals surface area contributed by atoms with Gasteiger partial charge in [-0.3, -0.25) is 0 Å². The number of aromatic hydroxyl groups is 1. The molecule has 2 heterocycles. The van der Waals surface area contributed by atoms with E-state index in [4.69, 9.17) is 18.9 Å².